The number of Topliss-reactive ketones (excluding diaryl/α,β-unsaturated/α-hetero) is 1. The summed E-state index contributed by atoms with van der Waals surface area (Å²) in [6.45, 7) is 3.68. The van der Waals surface area contributed by atoms with E-state index in [-0.39, 0.29) is 12.2 Å². The van der Waals surface area contributed by atoms with Crippen molar-refractivity contribution in [1.29, 1.82) is 0 Å². The lowest BCUT2D eigenvalue weighted by molar-refractivity contribution is -0.183. The topological polar surface area (TPSA) is 80.7 Å². The van der Waals surface area contributed by atoms with Gasteiger partial charge in [-0.1, -0.05) is 19.9 Å². The van der Waals surface area contributed by atoms with E-state index >= 15 is 0 Å². The number of rotatable bonds is 1. The molecule has 1 N–H and O–H groups in total. The zero-order chi connectivity index (χ0) is 14.4. The standard InChI is InChI=1S/C14H18O5/c1-13(2)7-6-10(17)14(12(18)19-3)9(16)5-4-8(15)11(13)14/h4-5,9,11,16H,6-7H2,1-3H3/t9-,11+,14-/m0/s1. The van der Waals surface area contributed by atoms with Crippen molar-refractivity contribution in [3.8, 4) is 0 Å². The van der Waals surface area contributed by atoms with Crippen LogP contribution >= 0.6 is 0 Å². The van der Waals surface area contributed by atoms with Crippen molar-refractivity contribution in [2.24, 2.45) is 16.7 Å². The third kappa shape index (κ3) is 1.68. The number of methoxy groups -OCH3 is 1. The minimum absolute atomic E-state index is 0.163. The molecule has 0 aliphatic heterocycles. The Kier molecular flexibility index (Phi) is 3.13. The molecule has 2 aliphatic rings. The van der Waals surface area contributed by atoms with E-state index in [1.807, 2.05) is 13.8 Å². The Labute approximate surface area is 111 Å². The van der Waals surface area contributed by atoms with Gasteiger partial charge >= 0.3 is 5.97 Å². The lowest BCUT2D eigenvalue weighted by Gasteiger charge is -2.50. The molecule has 2 aliphatic carbocycles. The molecule has 5 nitrogen and oxygen atoms in total. The zero-order valence-corrected chi connectivity index (χ0v) is 11.3. The Morgan fingerprint density at radius 1 is 1.42 bits per heavy atom. The largest absolute Gasteiger partial charge is 0.468 e. The Balaban J connectivity index is 2.69. The van der Waals surface area contributed by atoms with Crippen LogP contribution in [0.1, 0.15) is 26.7 Å². The summed E-state index contributed by atoms with van der Waals surface area (Å²) in [6.07, 6.45) is 1.85. The summed E-state index contributed by atoms with van der Waals surface area (Å²) in [7, 11) is 1.17. The molecule has 0 saturated heterocycles. The number of aliphatic hydroxyl groups is 1. The normalized spacial score (nSPS) is 36.8. The van der Waals surface area contributed by atoms with Crippen LogP contribution in [0.3, 0.4) is 0 Å². The summed E-state index contributed by atoms with van der Waals surface area (Å²) in [6, 6.07) is 0. The lowest BCUT2D eigenvalue weighted by Crippen LogP contribution is -2.63. The van der Waals surface area contributed by atoms with E-state index < -0.39 is 34.6 Å². The first-order chi connectivity index (χ1) is 8.78. The fraction of sp³-hybridized carbons (Fsp3) is 0.643. The van der Waals surface area contributed by atoms with Crippen molar-refractivity contribution in [3.63, 3.8) is 0 Å². The molecule has 1 fully saturated rings. The van der Waals surface area contributed by atoms with Crippen LogP contribution in [-0.4, -0.2) is 35.9 Å². The highest BCUT2D eigenvalue weighted by atomic mass is 16.5. The molecule has 0 radical (unpaired) electrons. The molecule has 0 aromatic carbocycles. The monoisotopic (exact) mass is 266 g/mol. The summed E-state index contributed by atoms with van der Waals surface area (Å²) in [4.78, 5) is 36.7. The minimum Gasteiger partial charge on any atom is -0.468 e. The molecular weight excluding hydrogens is 248 g/mol. The van der Waals surface area contributed by atoms with E-state index in [1.165, 1.54) is 19.3 Å². The van der Waals surface area contributed by atoms with Crippen LogP contribution in [0.25, 0.3) is 0 Å². The minimum atomic E-state index is -1.78. The van der Waals surface area contributed by atoms with Crippen molar-refractivity contribution in [2.45, 2.75) is 32.8 Å². The number of allylic oxidation sites excluding steroid dienone is 1. The number of fused-ring (bicyclic) bond motifs is 1. The third-order valence-electron chi connectivity index (χ3n) is 4.41. The third-order valence-corrected chi connectivity index (χ3v) is 4.41. The highest BCUT2D eigenvalue weighted by Crippen LogP contribution is 2.54. The van der Waals surface area contributed by atoms with Gasteiger partial charge in [0.1, 0.15) is 0 Å². The van der Waals surface area contributed by atoms with E-state index in [9.17, 15) is 19.5 Å². The van der Waals surface area contributed by atoms with E-state index in [2.05, 4.69) is 0 Å². The van der Waals surface area contributed by atoms with Crippen LogP contribution in [0.5, 0.6) is 0 Å². The quantitative estimate of drug-likeness (QED) is 0.557. The van der Waals surface area contributed by atoms with Gasteiger partial charge in [0.05, 0.1) is 19.1 Å². The average Bonchev–Trinajstić information content (AvgIpc) is 2.36. The number of hydrogen-bond donors (Lipinski definition) is 1. The van der Waals surface area contributed by atoms with Gasteiger partial charge in [0.2, 0.25) is 0 Å². The molecule has 0 aromatic rings. The molecule has 0 bridgehead atoms. The van der Waals surface area contributed by atoms with Gasteiger partial charge in [-0.2, -0.15) is 0 Å². The van der Waals surface area contributed by atoms with Gasteiger partial charge in [0.15, 0.2) is 17.0 Å². The van der Waals surface area contributed by atoms with Crippen molar-refractivity contribution in [2.75, 3.05) is 7.11 Å². The van der Waals surface area contributed by atoms with E-state index in [4.69, 9.17) is 4.74 Å². The molecule has 2 rings (SSSR count). The maximum absolute atomic E-state index is 12.3. The van der Waals surface area contributed by atoms with Crippen molar-refractivity contribution in [1.82, 2.24) is 0 Å². The predicted octanol–water partition coefficient (Wildman–Crippen LogP) is 0.651. The summed E-state index contributed by atoms with van der Waals surface area (Å²) < 4.78 is 4.73. The number of ether oxygens (including phenoxy) is 1. The Bertz CT molecular complexity index is 466. The van der Waals surface area contributed by atoms with Gasteiger partial charge in [0, 0.05) is 6.42 Å². The molecule has 3 atom stereocenters. The first-order valence-electron chi connectivity index (χ1n) is 6.30. The fourth-order valence-electron chi connectivity index (χ4n) is 3.46. The Hall–Kier alpha value is -1.49. The number of carbonyl (C=O) groups excluding carboxylic acids is 3. The highest BCUT2D eigenvalue weighted by molar-refractivity contribution is 6.12. The van der Waals surface area contributed by atoms with Crippen LogP contribution < -0.4 is 0 Å². The number of esters is 1. The van der Waals surface area contributed by atoms with E-state index in [1.54, 1.807) is 0 Å². The second-order valence-corrected chi connectivity index (χ2v) is 5.91. The maximum Gasteiger partial charge on any atom is 0.323 e. The number of ketones is 2. The molecule has 0 spiro atoms. The predicted molar refractivity (Wildman–Crippen MR) is 66.1 cm³/mol. The van der Waals surface area contributed by atoms with Crippen LogP contribution in [0.15, 0.2) is 12.2 Å². The Morgan fingerprint density at radius 3 is 2.63 bits per heavy atom. The van der Waals surface area contributed by atoms with Gasteiger partial charge in [0.25, 0.3) is 0 Å². The molecule has 19 heavy (non-hydrogen) atoms. The molecule has 104 valence electrons. The lowest BCUT2D eigenvalue weighted by atomic mass is 9.50. The molecule has 1 saturated carbocycles. The van der Waals surface area contributed by atoms with Gasteiger partial charge in [-0.15, -0.1) is 0 Å². The van der Waals surface area contributed by atoms with Crippen LogP contribution in [-0.2, 0) is 19.1 Å². The van der Waals surface area contributed by atoms with Crippen molar-refractivity contribution in [3.05, 3.63) is 12.2 Å². The number of aliphatic hydroxyl groups excluding tert-OH is 1. The molecule has 5 heteroatoms. The highest BCUT2D eigenvalue weighted by Gasteiger charge is 2.66. The maximum atomic E-state index is 12.3. The van der Waals surface area contributed by atoms with Crippen molar-refractivity contribution < 1.29 is 24.2 Å². The first kappa shape index (κ1) is 13.9. The summed E-state index contributed by atoms with van der Waals surface area (Å²) in [5, 5.41) is 10.2. The Morgan fingerprint density at radius 2 is 2.05 bits per heavy atom. The van der Waals surface area contributed by atoms with Gasteiger partial charge in [-0.25, -0.2) is 0 Å². The zero-order valence-electron chi connectivity index (χ0n) is 11.3. The average molecular weight is 266 g/mol. The van der Waals surface area contributed by atoms with E-state index in [0.717, 1.165) is 0 Å². The van der Waals surface area contributed by atoms with Gasteiger partial charge in [-0.05, 0) is 17.9 Å². The molecular formula is C14H18O5. The second-order valence-electron chi connectivity index (χ2n) is 5.91. The number of carbonyl (C=O) groups is 3. The van der Waals surface area contributed by atoms with Crippen LogP contribution in [0.2, 0.25) is 0 Å². The fourth-order valence-corrected chi connectivity index (χ4v) is 3.46. The molecule has 0 heterocycles. The summed E-state index contributed by atoms with van der Waals surface area (Å²) in [5.41, 5.74) is -2.31. The summed E-state index contributed by atoms with van der Waals surface area (Å²) >= 11 is 0. The van der Waals surface area contributed by atoms with Crippen LogP contribution in [0.4, 0.5) is 0 Å². The molecule has 0 aromatic heterocycles. The van der Waals surface area contributed by atoms with Gasteiger partial charge in [-0.3, -0.25) is 14.4 Å². The van der Waals surface area contributed by atoms with Gasteiger partial charge < -0.3 is 9.84 Å². The molecule has 0 unspecified atom stereocenters. The second kappa shape index (κ2) is 4.27. The van der Waals surface area contributed by atoms with Crippen LogP contribution in [0, 0.1) is 16.7 Å². The molecule has 0 amide bonds. The summed E-state index contributed by atoms with van der Waals surface area (Å²) in [5.74, 6) is -2.39. The van der Waals surface area contributed by atoms with Crippen molar-refractivity contribution >= 4 is 17.5 Å². The smallest absolute Gasteiger partial charge is 0.323 e. The van der Waals surface area contributed by atoms with E-state index in [0.29, 0.717) is 6.42 Å². The SMILES string of the molecule is COC(=O)[C@@]12C(=O)CCC(C)(C)[C@H]1C(=O)C=C[C@@H]2O. The first-order valence-corrected chi connectivity index (χ1v) is 6.30. The number of hydrogen-bond acceptors (Lipinski definition) is 5.